The van der Waals surface area contributed by atoms with Gasteiger partial charge in [-0.3, -0.25) is 9.59 Å². The molecule has 1 fully saturated rings. The summed E-state index contributed by atoms with van der Waals surface area (Å²) in [5.74, 6) is 0.434. The first-order chi connectivity index (χ1) is 14.4. The minimum absolute atomic E-state index is 0.0452. The van der Waals surface area contributed by atoms with Crippen LogP contribution in [0.1, 0.15) is 28.7 Å². The van der Waals surface area contributed by atoms with Crippen LogP contribution in [0.5, 0.6) is 5.75 Å². The first-order valence-corrected chi connectivity index (χ1v) is 11.0. The molecule has 2 aromatic carbocycles. The molecule has 30 heavy (non-hydrogen) atoms. The molecule has 1 N–H and O–H groups in total. The zero-order valence-corrected chi connectivity index (χ0v) is 18.5. The second kappa shape index (κ2) is 8.62. The predicted molar refractivity (Wildman–Crippen MR) is 125 cm³/mol. The molecule has 7 heteroatoms. The van der Waals surface area contributed by atoms with E-state index in [1.165, 1.54) is 28.5 Å². The highest BCUT2D eigenvalue weighted by atomic mass is 32.2. The van der Waals surface area contributed by atoms with Gasteiger partial charge < -0.3 is 15.0 Å². The summed E-state index contributed by atoms with van der Waals surface area (Å²) in [6.45, 7) is 4.88. The number of amides is 2. The molecule has 0 unspecified atom stereocenters. The third-order valence-electron chi connectivity index (χ3n) is 5.28. The van der Waals surface area contributed by atoms with Gasteiger partial charge in [0.25, 0.3) is 11.8 Å². The van der Waals surface area contributed by atoms with Gasteiger partial charge in [0, 0.05) is 6.54 Å². The fourth-order valence-corrected chi connectivity index (χ4v) is 4.57. The Hall–Kier alpha value is -2.64. The lowest BCUT2D eigenvalue weighted by Crippen LogP contribution is -2.39. The molecule has 1 saturated heterocycles. The van der Waals surface area contributed by atoms with Crippen molar-refractivity contribution in [3.8, 4) is 5.75 Å². The number of carbonyl (C=O) groups is 2. The molecule has 0 radical (unpaired) electrons. The lowest BCUT2D eigenvalue weighted by atomic mass is 10.0. The lowest BCUT2D eigenvalue weighted by Gasteiger charge is -2.29. The van der Waals surface area contributed by atoms with Crippen LogP contribution in [0.4, 0.5) is 5.69 Å². The molecule has 2 heterocycles. The van der Waals surface area contributed by atoms with Gasteiger partial charge in [-0.15, -0.1) is 0 Å². The maximum absolute atomic E-state index is 12.5. The Balaban J connectivity index is 1.51. The summed E-state index contributed by atoms with van der Waals surface area (Å²) >= 11 is 6.28. The molecule has 0 spiro atoms. The van der Waals surface area contributed by atoms with Crippen LogP contribution >= 0.6 is 24.0 Å². The fourth-order valence-electron chi connectivity index (χ4n) is 3.53. The van der Waals surface area contributed by atoms with Crippen LogP contribution in [0.2, 0.25) is 0 Å². The van der Waals surface area contributed by atoms with Gasteiger partial charge >= 0.3 is 0 Å². The summed E-state index contributed by atoms with van der Waals surface area (Å²) in [4.78, 5) is 26.8. The minimum Gasteiger partial charge on any atom is -0.482 e. The van der Waals surface area contributed by atoms with Crippen molar-refractivity contribution < 1.29 is 14.3 Å². The van der Waals surface area contributed by atoms with Crippen LogP contribution in [-0.2, 0) is 16.0 Å². The molecule has 4 rings (SSSR count). The van der Waals surface area contributed by atoms with Crippen molar-refractivity contribution in [3.63, 3.8) is 0 Å². The van der Waals surface area contributed by atoms with Crippen molar-refractivity contribution in [2.45, 2.75) is 26.7 Å². The smallest absolute Gasteiger partial charge is 0.265 e. The lowest BCUT2D eigenvalue weighted by molar-refractivity contribution is -0.121. The number of carbonyl (C=O) groups excluding carboxylic acids is 2. The van der Waals surface area contributed by atoms with Crippen LogP contribution in [0, 0.1) is 13.8 Å². The zero-order valence-electron chi connectivity index (χ0n) is 16.9. The Morgan fingerprint density at radius 1 is 1.17 bits per heavy atom. The van der Waals surface area contributed by atoms with Crippen molar-refractivity contribution in [1.82, 2.24) is 5.32 Å². The summed E-state index contributed by atoms with van der Waals surface area (Å²) < 4.78 is 6.06. The molecule has 5 nitrogen and oxygen atoms in total. The van der Waals surface area contributed by atoms with Gasteiger partial charge in [-0.2, -0.15) is 0 Å². The number of fused-ring (bicyclic) bond motifs is 1. The van der Waals surface area contributed by atoms with E-state index in [-0.39, 0.29) is 18.4 Å². The van der Waals surface area contributed by atoms with Crippen LogP contribution in [0.25, 0.3) is 6.08 Å². The van der Waals surface area contributed by atoms with Crippen LogP contribution in [0.3, 0.4) is 0 Å². The van der Waals surface area contributed by atoms with E-state index in [0.717, 1.165) is 24.1 Å². The van der Waals surface area contributed by atoms with Gasteiger partial charge in [-0.05, 0) is 67.2 Å². The molecular formula is C23H22N2O3S2. The SMILES string of the molecule is Cc1ccc(CCCN2C(=O)COc3ccc(/C=C4\SC(=S)NC4=O)cc32)cc1C. The number of thioether (sulfide) groups is 1. The van der Waals surface area contributed by atoms with E-state index in [9.17, 15) is 9.59 Å². The molecule has 0 bridgehead atoms. The fraction of sp³-hybridized carbons (Fsp3) is 0.261. The summed E-state index contributed by atoms with van der Waals surface area (Å²) in [6, 6.07) is 12.1. The van der Waals surface area contributed by atoms with E-state index in [4.69, 9.17) is 17.0 Å². The molecule has 0 aliphatic carbocycles. The molecule has 0 saturated carbocycles. The van der Waals surface area contributed by atoms with Gasteiger partial charge in [0.1, 0.15) is 10.1 Å². The van der Waals surface area contributed by atoms with Crippen molar-refractivity contribution in [2.24, 2.45) is 0 Å². The Morgan fingerprint density at radius 2 is 2.00 bits per heavy atom. The molecule has 0 aromatic heterocycles. The standard InChI is InChI=1S/C23H22N2O3S2/c1-14-5-6-16(10-15(14)2)4-3-9-25-18-11-17(7-8-19(18)28-13-21(25)26)12-20-22(27)24-23(29)30-20/h5-8,10-12H,3-4,9,13H2,1-2H3,(H,24,27,29)/b20-12-. The quantitative estimate of drug-likeness (QED) is 0.561. The number of nitrogens with zero attached hydrogens (tertiary/aromatic N) is 1. The number of hydrogen-bond acceptors (Lipinski definition) is 5. The third kappa shape index (κ3) is 4.42. The second-order valence-electron chi connectivity index (χ2n) is 7.44. The number of benzene rings is 2. The highest BCUT2D eigenvalue weighted by Gasteiger charge is 2.26. The van der Waals surface area contributed by atoms with Crippen molar-refractivity contribution in [2.75, 3.05) is 18.1 Å². The van der Waals surface area contributed by atoms with Gasteiger partial charge in [-0.25, -0.2) is 0 Å². The number of ether oxygens (including phenoxy) is 1. The third-order valence-corrected chi connectivity index (χ3v) is 6.45. The predicted octanol–water partition coefficient (Wildman–Crippen LogP) is 4.15. The monoisotopic (exact) mass is 438 g/mol. The second-order valence-corrected chi connectivity index (χ2v) is 9.15. The average molecular weight is 439 g/mol. The summed E-state index contributed by atoms with van der Waals surface area (Å²) in [7, 11) is 0. The highest BCUT2D eigenvalue weighted by Crippen LogP contribution is 2.35. The van der Waals surface area contributed by atoms with E-state index in [1.807, 2.05) is 18.2 Å². The van der Waals surface area contributed by atoms with Crippen molar-refractivity contribution >= 4 is 51.9 Å². The number of anilines is 1. The van der Waals surface area contributed by atoms with Gasteiger partial charge in [0.2, 0.25) is 0 Å². The molecule has 2 aromatic rings. The van der Waals surface area contributed by atoms with Crippen LogP contribution in [-0.4, -0.2) is 29.3 Å². The Bertz CT molecular complexity index is 1080. The molecule has 0 atom stereocenters. The normalized spacial score (nSPS) is 17.2. The minimum atomic E-state index is -0.194. The van der Waals surface area contributed by atoms with E-state index >= 15 is 0 Å². The summed E-state index contributed by atoms with van der Waals surface area (Å²) in [6.07, 6.45) is 3.54. The van der Waals surface area contributed by atoms with E-state index in [1.54, 1.807) is 11.0 Å². The number of rotatable bonds is 5. The van der Waals surface area contributed by atoms with Crippen molar-refractivity contribution in [1.29, 1.82) is 0 Å². The maximum atomic E-state index is 12.5. The number of hydrogen-bond donors (Lipinski definition) is 1. The molecule has 2 aliphatic heterocycles. The molecular weight excluding hydrogens is 416 g/mol. The Kier molecular flexibility index (Phi) is 5.92. The average Bonchev–Trinajstić information content (AvgIpc) is 3.03. The Morgan fingerprint density at radius 3 is 2.73 bits per heavy atom. The van der Waals surface area contributed by atoms with Crippen molar-refractivity contribution in [3.05, 3.63) is 63.6 Å². The number of aryl methyl sites for hydroxylation is 3. The Labute approximate surface area is 185 Å². The van der Waals surface area contributed by atoms with Crippen LogP contribution < -0.4 is 15.0 Å². The summed E-state index contributed by atoms with van der Waals surface area (Å²) in [5, 5.41) is 2.61. The zero-order chi connectivity index (χ0) is 21.3. The topological polar surface area (TPSA) is 58.6 Å². The first kappa shape index (κ1) is 20.6. The highest BCUT2D eigenvalue weighted by molar-refractivity contribution is 8.26. The van der Waals surface area contributed by atoms with Crippen LogP contribution in [0.15, 0.2) is 41.3 Å². The van der Waals surface area contributed by atoms with Gasteiger partial charge in [0.05, 0.1) is 10.6 Å². The molecule has 2 aliphatic rings. The largest absolute Gasteiger partial charge is 0.482 e. The first-order valence-electron chi connectivity index (χ1n) is 9.79. The maximum Gasteiger partial charge on any atom is 0.265 e. The van der Waals surface area contributed by atoms with Gasteiger partial charge in [-0.1, -0.05) is 48.2 Å². The molecule has 2 amide bonds. The summed E-state index contributed by atoms with van der Waals surface area (Å²) in [5.41, 5.74) is 5.41. The number of nitrogens with one attached hydrogen (secondary N) is 1. The van der Waals surface area contributed by atoms with E-state index in [0.29, 0.717) is 21.5 Å². The van der Waals surface area contributed by atoms with Gasteiger partial charge in [0.15, 0.2) is 6.61 Å². The molecule has 154 valence electrons. The van der Waals surface area contributed by atoms with E-state index in [2.05, 4.69) is 37.4 Å². The van der Waals surface area contributed by atoms with E-state index < -0.39 is 0 Å². The number of thiocarbonyl (C=S) groups is 1.